The molecule has 6 aromatic rings. The van der Waals surface area contributed by atoms with Crippen LogP contribution in [0.5, 0.6) is 0 Å². The molecular weight excluding hydrogens is 436 g/mol. The van der Waals surface area contributed by atoms with Gasteiger partial charge >= 0.3 is 0 Å². The Kier molecular flexibility index (Phi) is 4.62. The average Bonchev–Trinajstić information content (AvgIpc) is 3.48. The third kappa shape index (κ3) is 3.62. The molecule has 0 saturated heterocycles. The Morgan fingerprint density at radius 3 is 2.45 bits per heavy atom. The number of hydrogen-bond acceptors (Lipinski definition) is 9. The SMILES string of the molecule is Nc1ccc(-c2nnc(Sc3nc4ccccc4n4c(Nc5ccccc5)nnc34)o2)cc1. The van der Waals surface area contributed by atoms with E-state index in [2.05, 4.69) is 25.7 Å². The highest BCUT2D eigenvalue weighted by molar-refractivity contribution is 7.99. The maximum atomic E-state index is 5.86. The molecule has 3 heterocycles. The van der Waals surface area contributed by atoms with Crippen molar-refractivity contribution < 1.29 is 4.42 Å². The first-order chi connectivity index (χ1) is 16.2. The van der Waals surface area contributed by atoms with E-state index in [0.29, 0.717) is 33.4 Å². The Labute approximate surface area is 191 Å². The smallest absolute Gasteiger partial charge is 0.283 e. The molecule has 0 unspecified atom stereocenters. The van der Waals surface area contributed by atoms with Crippen molar-refractivity contribution in [2.45, 2.75) is 10.2 Å². The number of nitrogens with zero attached hydrogens (tertiary/aromatic N) is 6. The molecule has 33 heavy (non-hydrogen) atoms. The van der Waals surface area contributed by atoms with Crippen LogP contribution in [-0.2, 0) is 0 Å². The minimum Gasteiger partial charge on any atom is -0.411 e. The van der Waals surface area contributed by atoms with Gasteiger partial charge in [0.2, 0.25) is 11.8 Å². The van der Waals surface area contributed by atoms with Crippen LogP contribution in [-0.4, -0.2) is 29.8 Å². The van der Waals surface area contributed by atoms with E-state index >= 15 is 0 Å². The fourth-order valence-corrected chi connectivity index (χ4v) is 4.17. The zero-order valence-corrected chi connectivity index (χ0v) is 17.9. The van der Waals surface area contributed by atoms with Gasteiger partial charge in [-0.15, -0.1) is 20.4 Å². The molecule has 3 N–H and O–H groups in total. The molecule has 0 fully saturated rings. The van der Waals surface area contributed by atoms with Crippen molar-refractivity contribution in [1.29, 1.82) is 0 Å². The Morgan fingerprint density at radius 2 is 1.61 bits per heavy atom. The molecule has 160 valence electrons. The zero-order chi connectivity index (χ0) is 22.2. The fourth-order valence-electron chi connectivity index (χ4n) is 3.43. The Morgan fingerprint density at radius 1 is 0.818 bits per heavy atom. The second-order valence-electron chi connectivity index (χ2n) is 7.18. The van der Waals surface area contributed by atoms with Crippen molar-refractivity contribution in [2.24, 2.45) is 0 Å². The standard InChI is InChI=1S/C23H16N8OS/c24-15-12-10-14(11-13-15)20-28-30-23(32-20)33-21-19-27-29-22(25-16-6-2-1-3-7-16)31(19)18-9-5-4-8-17(18)26-21/h1-13H,24H2,(H,25,29). The van der Waals surface area contributed by atoms with Crippen LogP contribution in [0.2, 0.25) is 0 Å². The van der Waals surface area contributed by atoms with E-state index in [1.165, 1.54) is 11.8 Å². The van der Waals surface area contributed by atoms with E-state index in [0.717, 1.165) is 22.3 Å². The summed E-state index contributed by atoms with van der Waals surface area (Å²) < 4.78 is 7.80. The summed E-state index contributed by atoms with van der Waals surface area (Å²) in [6.45, 7) is 0. The van der Waals surface area contributed by atoms with E-state index in [1.54, 1.807) is 12.1 Å². The average molecular weight is 453 g/mol. The maximum absolute atomic E-state index is 5.86. The number of rotatable bonds is 5. The number of nitrogens with one attached hydrogen (secondary N) is 1. The molecular formula is C23H16N8OS. The molecule has 6 rings (SSSR count). The van der Waals surface area contributed by atoms with Crippen molar-refractivity contribution in [3.05, 3.63) is 78.9 Å². The minimum absolute atomic E-state index is 0.354. The lowest BCUT2D eigenvalue weighted by atomic mass is 10.2. The largest absolute Gasteiger partial charge is 0.411 e. The van der Waals surface area contributed by atoms with Gasteiger partial charge < -0.3 is 15.5 Å². The summed E-state index contributed by atoms with van der Waals surface area (Å²) in [6.07, 6.45) is 0. The van der Waals surface area contributed by atoms with Gasteiger partial charge in [-0.05, 0) is 60.3 Å². The number of nitrogen functional groups attached to an aromatic ring is 1. The first-order valence-corrected chi connectivity index (χ1v) is 10.9. The van der Waals surface area contributed by atoms with E-state index in [4.69, 9.17) is 15.1 Å². The number of anilines is 3. The van der Waals surface area contributed by atoms with Gasteiger partial charge in [-0.25, -0.2) is 4.98 Å². The topological polar surface area (TPSA) is 120 Å². The molecule has 0 saturated carbocycles. The molecule has 0 aliphatic rings. The van der Waals surface area contributed by atoms with Crippen LogP contribution in [0, 0.1) is 0 Å². The second kappa shape index (κ2) is 7.92. The van der Waals surface area contributed by atoms with Gasteiger partial charge in [0.1, 0.15) is 0 Å². The van der Waals surface area contributed by atoms with Crippen molar-refractivity contribution in [2.75, 3.05) is 11.1 Å². The first-order valence-electron chi connectivity index (χ1n) is 10.1. The Balaban J connectivity index is 1.42. The monoisotopic (exact) mass is 452 g/mol. The summed E-state index contributed by atoms with van der Waals surface area (Å²) >= 11 is 1.24. The molecule has 0 bridgehead atoms. The summed E-state index contributed by atoms with van der Waals surface area (Å²) in [4.78, 5) is 4.78. The van der Waals surface area contributed by atoms with Crippen molar-refractivity contribution in [3.63, 3.8) is 0 Å². The first kappa shape index (κ1) is 19.3. The van der Waals surface area contributed by atoms with Crippen LogP contribution in [0.3, 0.4) is 0 Å². The fraction of sp³-hybridized carbons (Fsp3) is 0. The van der Waals surface area contributed by atoms with Gasteiger partial charge in [0.05, 0.1) is 11.0 Å². The summed E-state index contributed by atoms with van der Waals surface area (Å²) in [6, 6.07) is 24.9. The van der Waals surface area contributed by atoms with Gasteiger partial charge in [0.15, 0.2) is 10.7 Å². The molecule has 10 heteroatoms. The van der Waals surface area contributed by atoms with Gasteiger partial charge in [-0.2, -0.15) is 0 Å². The van der Waals surface area contributed by atoms with Crippen molar-refractivity contribution in [1.82, 2.24) is 29.8 Å². The molecule has 0 aliphatic carbocycles. The van der Waals surface area contributed by atoms with Crippen LogP contribution >= 0.6 is 11.8 Å². The van der Waals surface area contributed by atoms with E-state index < -0.39 is 0 Å². The molecule has 9 nitrogen and oxygen atoms in total. The zero-order valence-electron chi connectivity index (χ0n) is 17.1. The van der Waals surface area contributed by atoms with Crippen LogP contribution in [0.4, 0.5) is 17.3 Å². The second-order valence-corrected chi connectivity index (χ2v) is 8.12. The summed E-state index contributed by atoms with van der Waals surface area (Å²) in [5, 5.41) is 21.4. The van der Waals surface area contributed by atoms with Gasteiger partial charge in [-0.3, -0.25) is 4.40 Å². The highest BCUT2D eigenvalue weighted by Gasteiger charge is 2.19. The van der Waals surface area contributed by atoms with Crippen LogP contribution in [0.15, 0.2) is 93.5 Å². The number of fused-ring (bicyclic) bond motifs is 3. The molecule has 0 amide bonds. The lowest BCUT2D eigenvalue weighted by Gasteiger charge is -2.08. The molecule has 0 aliphatic heterocycles. The summed E-state index contributed by atoms with van der Waals surface area (Å²) in [5.74, 6) is 0.993. The van der Waals surface area contributed by atoms with Gasteiger partial charge in [0, 0.05) is 16.9 Å². The number of hydrogen-bond donors (Lipinski definition) is 2. The normalized spacial score (nSPS) is 11.3. The molecule has 0 radical (unpaired) electrons. The van der Waals surface area contributed by atoms with Crippen molar-refractivity contribution in [3.8, 4) is 11.5 Å². The van der Waals surface area contributed by atoms with Crippen LogP contribution < -0.4 is 11.1 Å². The highest BCUT2D eigenvalue weighted by atomic mass is 32.2. The number of aromatic nitrogens is 6. The van der Waals surface area contributed by atoms with E-state index in [-0.39, 0.29) is 0 Å². The highest BCUT2D eigenvalue weighted by Crippen LogP contribution is 2.33. The van der Waals surface area contributed by atoms with Crippen LogP contribution in [0.1, 0.15) is 0 Å². The Bertz CT molecular complexity index is 1580. The maximum Gasteiger partial charge on any atom is 0.283 e. The number of para-hydroxylation sites is 3. The van der Waals surface area contributed by atoms with Crippen LogP contribution in [0.25, 0.3) is 28.1 Å². The predicted molar refractivity (Wildman–Crippen MR) is 126 cm³/mol. The quantitative estimate of drug-likeness (QED) is 0.355. The Hall–Kier alpha value is -4.44. The van der Waals surface area contributed by atoms with Gasteiger partial charge in [-0.1, -0.05) is 30.3 Å². The van der Waals surface area contributed by atoms with Gasteiger partial charge in [0.25, 0.3) is 5.22 Å². The predicted octanol–water partition coefficient (Wildman–Crippen LogP) is 4.80. The molecule has 0 spiro atoms. The van der Waals surface area contributed by atoms with E-state index in [1.807, 2.05) is 71.1 Å². The lowest BCUT2D eigenvalue weighted by Crippen LogP contribution is -2.00. The summed E-state index contributed by atoms with van der Waals surface area (Å²) in [5.41, 5.74) is 10.4. The minimum atomic E-state index is 0.354. The molecule has 3 aromatic carbocycles. The number of benzene rings is 3. The van der Waals surface area contributed by atoms with Crippen molar-refractivity contribution >= 4 is 45.8 Å². The lowest BCUT2D eigenvalue weighted by molar-refractivity contribution is 0.465. The third-order valence-corrected chi connectivity index (χ3v) is 5.78. The molecule has 0 atom stereocenters. The summed E-state index contributed by atoms with van der Waals surface area (Å²) in [7, 11) is 0. The number of nitrogens with two attached hydrogens (primary N) is 1. The molecule has 3 aromatic heterocycles. The van der Waals surface area contributed by atoms with E-state index in [9.17, 15) is 0 Å². The third-order valence-electron chi connectivity index (χ3n) is 4.98.